The number of nitrogens with one attached hydrogen (secondary N) is 1. The lowest BCUT2D eigenvalue weighted by Gasteiger charge is -2.17. The van der Waals surface area contributed by atoms with Crippen LogP contribution in [0.3, 0.4) is 0 Å². The van der Waals surface area contributed by atoms with Crippen molar-refractivity contribution in [2.24, 2.45) is 0 Å². The molecule has 1 aromatic heterocycles. The topological polar surface area (TPSA) is 65.4 Å². The molecule has 1 heterocycles. The Morgan fingerprint density at radius 2 is 1.78 bits per heavy atom. The number of ether oxygens (including phenoxy) is 2. The van der Waals surface area contributed by atoms with E-state index in [0.717, 1.165) is 23.4 Å². The summed E-state index contributed by atoms with van der Waals surface area (Å²) in [5.41, 5.74) is 2.12. The molecule has 1 N–H and O–H groups in total. The molecule has 3 aromatic rings. The van der Waals surface area contributed by atoms with E-state index in [-0.39, 0.29) is 17.6 Å². The molecule has 0 spiro atoms. The highest BCUT2D eigenvalue weighted by molar-refractivity contribution is 5.95. The number of methoxy groups -OCH3 is 2. The number of nitrogens with zero attached hydrogens (tertiary/aromatic N) is 2. The molecule has 2 aromatic carbocycles. The number of para-hydroxylation sites is 1. The van der Waals surface area contributed by atoms with Gasteiger partial charge in [0.2, 0.25) is 0 Å². The molecule has 27 heavy (non-hydrogen) atoms. The highest BCUT2D eigenvalue weighted by Crippen LogP contribution is 2.23. The van der Waals surface area contributed by atoms with Crippen LogP contribution in [-0.2, 0) is 0 Å². The first kappa shape index (κ1) is 18.5. The third-order valence-corrected chi connectivity index (χ3v) is 4.37. The number of hydrogen-bond acceptors (Lipinski definition) is 4. The minimum Gasteiger partial charge on any atom is -0.497 e. The minimum atomic E-state index is -0.274. The average Bonchev–Trinajstić information content (AvgIpc) is 3.17. The van der Waals surface area contributed by atoms with Crippen molar-refractivity contribution in [3.8, 4) is 17.2 Å². The Bertz CT molecular complexity index is 889. The summed E-state index contributed by atoms with van der Waals surface area (Å²) in [6, 6.07) is 17.1. The summed E-state index contributed by atoms with van der Waals surface area (Å²) < 4.78 is 12.2. The van der Waals surface area contributed by atoms with Crippen LogP contribution in [0.4, 0.5) is 0 Å². The zero-order valence-electron chi connectivity index (χ0n) is 15.7. The molecule has 0 aliphatic carbocycles. The van der Waals surface area contributed by atoms with Crippen LogP contribution in [-0.4, -0.2) is 29.9 Å². The molecule has 3 rings (SSSR count). The van der Waals surface area contributed by atoms with E-state index in [4.69, 9.17) is 9.47 Å². The molecule has 0 saturated carbocycles. The summed E-state index contributed by atoms with van der Waals surface area (Å²) in [7, 11) is 3.16. The summed E-state index contributed by atoms with van der Waals surface area (Å²) in [5.74, 6) is 0.938. The van der Waals surface area contributed by atoms with Crippen molar-refractivity contribution in [3.05, 3.63) is 72.1 Å². The molecule has 0 unspecified atom stereocenters. The SMILES string of the molecule is CC[C@H](NC(=O)c1nn(-c2ccccc2)cc1OC)c1ccc(OC)cc1. The molecule has 1 amide bonds. The maximum Gasteiger partial charge on any atom is 0.276 e. The van der Waals surface area contributed by atoms with Gasteiger partial charge in [-0.25, -0.2) is 4.68 Å². The van der Waals surface area contributed by atoms with Crippen molar-refractivity contribution in [3.63, 3.8) is 0 Å². The summed E-state index contributed by atoms with van der Waals surface area (Å²) in [6.45, 7) is 2.02. The molecule has 0 fully saturated rings. The molecule has 6 nitrogen and oxygen atoms in total. The molecule has 0 aliphatic heterocycles. The van der Waals surface area contributed by atoms with E-state index in [1.54, 1.807) is 18.0 Å². The number of carbonyl (C=O) groups is 1. The first-order valence-electron chi connectivity index (χ1n) is 8.80. The number of benzene rings is 2. The van der Waals surface area contributed by atoms with Crippen LogP contribution < -0.4 is 14.8 Å². The standard InChI is InChI=1S/C21H23N3O3/c1-4-18(15-10-12-17(26-2)13-11-15)22-21(25)20-19(27-3)14-24(23-20)16-8-6-5-7-9-16/h5-14,18H,4H2,1-3H3,(H,22,25)/t18-/m0/s1. The van der Waals surface area contributed by atoms with E-state index < -0.39 is 0 Å². The van der Waals surface area contributed by atoms with Crippen LogP contribution in [0.25, 0.3) is 5.69 Å². The van der Waals surface area contributed by atoms with Crippen molar-refractivity contribution >= 4 is 5.91 Å². The Kier molecular flexibility index (Phi) is 5.76. The fourth-order valence-corrected chi connectivity index (χ4v) is 2.86. The summed E-state index contributed by atoms with van der Waals surface area (Å²) in [4.78, 5) is 12.8. The molecule has 0 saturated heterocycles. The van der Waals surface area contributed by atoms with Gasteiger partial charge in [-0.2, -0.15) is 5.10 Å². The lowest BCUT2D eigenvalue weighted by molar-refractivity contribution is 0.0927. The summed E-state index contributed by atoms with van der Waals surface area (Å²) in [5, 5.41) is 7.46. The Hall–Kier alpha value is -3.28. The fraction of sp³-hybridized carbons (Fsp3) is 0.238. The second kappa shape index (κ2) is 8.40. The third-order valence-electron chi connectivity index (χ3n) is 4.37. The highest BCUT2D eigenvalue weighted by atomic mass is 16.5. The van der Waals surface area contributed by atoms with Gasteiger partial charge in [-0.1, -0.05) is 37.3 Å². The molecule has 140 valence electrons. The summed E-state index contributed by atoms with van der Waals surface area (Å²) in [6.07, 6.45) is 2.46. The lowest BCUT2D eigenvalue weighted by Crippen LogP contribution is -2.29. The molecular formula is C21H23N3O3. The van der Waals surface area contributed by atoms with Crippen molar-refractivity contribution in [1.82, 2.24) is 15.1 Å². The zero-order valence-corrected chi connectivity index (χ0v) is 15.7. The van der Waals surface area contributed by atoms with Crippen LogP contribution in [0.15, 0.2) is 60.8 Å². The van der Waals surface area contributed by atoms with Gasteiger partial charge >= 0.3 is 0 Å². The lowest BCUT2D eigenvalue weighted by atomic mass is 10.0. The maximum absolute atomic E-state index is 12.8. The smallest absolute Gasteiger partial charge is 0.276 e. The quantitative estimate of drug-likeness (QED) is 0.692. The predicted molar refractivity (Wildman–Crippen MR) is 104 cm³/mol. The molecule has 0 radical (unpaired) electrons. The Balaban J connectivity index is 1.82. The Morgan fingerprint density at radius 1 is 1.07 bits per heavy atom. The van der Waals surface area contributed by atoms with Gasteiger partial charge in [0.1, 0.15) is 5.75 Å². The third kappa shape index (κ3) is 4.11. The van der Waals surface area contributed by atoms with Gasteiger partial charge in [0.05, 0.1) is 32.1 Å². The van der Waals surface area contributed by atoms with Crippen molar-refractivity contribution < 1.29 is 14.3 Å². The molecule has 1 atom stereocenters. The Morgan fingerprint density at radius 3 is 2.37 bits per heavy atom. The second-order valence-corrected chi connectivity index (χ2v) is 6.03. The van der Waals surface area contributed by atoms with Gasteiger partial charge in [-0.05, 0) is 36.2 Å². The minimum absolute atomic E-state index is 0.130. The van der Waals surface area contributed by atoms with Gasteiger partial charge in [0, 0.05) is 0 Å². The van der Waals surface area contributed by atoms with Crippen LogP contribution >= 0.6 is 0 Å². The maximum atomic E-state index is 12.8. The summed E-state index contributed by atoms with van der Waals surface area (Å²) >= 11 is 0. The number of carbonyl (C=O) groups excluding carboxylic acids is 1. The van der Waals surface area contributed by atoms with Crippen LogP contribution in [0.2, 0.25) is 0 Å². The molecule has 6 heteroatoms. The van der Waals surface area contributed by atoms with E-state index >= 15 is 0 Å². The van der Waals surface area contributed by atoms with Crippen LogP contribution in [0.1, 0.15) is 35.4 Å². The van der Waals surface area contributed by atoms with Crippen LogP contribution in [0.5, 0.6) is 11.5 Å². The van der Waals surface area contributed by atoms with E-state index in [1.807, 2.05) is 61.5 Å². The van der Waals surface area contributed by atoms with Crippen molar-refractivity contribution in [1.29, 1.82) is 0 Å². The van der Waals surface area contributed by atoms with Crippen molar-refractivity contribution in [2.75, 3.05) is 14.2 Å². The number of aromatic nitrogens is 2. The largest absolute Gasteiger partial charge is 0.497 e. The van der Waals surface area contributed by atoms with Gasteiger partial charge in [0.15, 0.2) is 11.4 Å². The van der Waals surface area contributed by atoms with E-state index in [1.165, 1.54) is 7.11 Å². The predicted octanol–water partition coefficient (Wildman–Crippen LogP) is 3.77. The van der Waals surface area contributed by atoms with Crippen LogP contribution in [0, 0.1) is 0 Å². The van der Waals surface area contributed by atoms with Gasteiger partial charge < -0.3 is 14.8 Å². The number of hydrogen-bond donors (Lipinski definition) is 1. The van der Waals surface area contributed by atoms with E-state index in [9.17, 15) is 4.79 Å². The Labute approximate surface area is 158 Å². The van der Waals surface area contributed by atoms with E-state index in [0.29, 0.717) is 5.75 Å². The molecule has 0 bridgehead atoms. The monoisotopic (exact) mass is 365 g/mol. The van der Waals surface area contributed by atoms with Gasteiger partial charge in [0.25, 0.3) is 5.91 Å². The zero-order chi connectivity index (χ0) is 19.2. The molecular weight excluding hydrogens is 342 g/mol. The average molecular weight is 365 g/mol. The first-order chi connectivity index (χ1) is 13.2. The normalized spacial score (nSPS) is 11.7. The van der Waals surface area contributed by atoms with Gasteiger partial charge in [-0.15, -0.1) is 0 Å². The number of rotatable bonds is 7. The van der Waals surface area contributed by atoms with Crippen molar-refractivity contribution in [2.45, 2.75) is 19.4 Å². The molecule has 0 aliphatic rings. The fourth-order valence-electron chi connectivity index (χ4n) is 2.86. The second-order valence-electron chi connectivity index (χ2n) is 6.03. The van der Waals surface area contributed by atoms with E-state index in [2.05, 4.69) is 10.4 Å². The number of amides is 1. The first-order valence-corrected chi connectivity index (χ1v) is 8.80. The highest BCUT2D eigenvalue weighted by Gasteiger charge is 2.21. The van der Waals surface area contributed by atoms with Gasteiger partial charge in [-0.3, -0.25) is 4.79 Å².